The van der Waals surface area contributed by atoms with Gasteiger partial charge in [0, 0.05) is 38.3 Å². The maximum Gasteiger partial charge on any atom is 0.251 e. The standard InChI is InChI=1S/C9H9NO.C4H10N2/c11-9-8-4-2-1-3-7(8)5-6-10-9;1-2-6-4-3-5-1/h1-4H,5-6H2,(H,10,11);5-6H,1-4H2. The minimum Gasteiger partial charge on any atom is -0.352 e. The van der Waals surface area contributed by atoms with Crippen molar-refractivity contribution in [3.05, 3.63) is 35.4 Å². The highest BCUT2D eigenvalue weighted by atomic mass is 16.1. The molecular weight excluding hydrogens is 214 g/mol. The second kappa shape index (κ2) is 6.37. The van der Waals surface area contributed by atoms with Crippen molar-refractivity contribution in [3.63, 3.8) is 0 Å². The van der Waals surface area contributed by atoms with Crippen molar-refractivity contribution in [1.29, 1.82) is 0 Å². The zero-order valence-corrected chi connectivity index (χ0v) is 9.96. The van der Waals surface area contributed by atoms with Gasteiger partial charge >= 0.3 is 0 Å². The van der Waals surface area contributed by atoms with Gasteiger partial charge in [-0.05, 0) is 18.1 Å². The quantitative estimate of drug-likeness (QED) is 0.598. The average Bonchev–Trinajstić information content (AvgIpc) is 2.42. The van der Waals surface area contributed by atoms with Crippen LogP contribution in [0.2, 0.25) is 0 Å². The summed E-state index contributed by atoms with van der Waals surface area (Å²) >= 11 is 0. The van der Waals surface area contributed by atoms with Crippen LogP contribution in [-0.4, -0.2) is 38.6 Å². The van der Waals surface area contributed by atoms with Crippen LogP contribution < -0.4 is 16.0 Å². The lowest BCUT2D eigenvalue weighted by Gasteiger charge is -2.15. The van der Waals surface area contributed by atoms with Crippen molar-refractivity contribution in [2.45, 2.75) is 6.42 Å². The highest BCUT2D eigenvalue weighted by molar-refractivity contribution is 5.96. The molecule has 0 spiro atoms. The van der Waals surface area contributed by atoms with Crippen molar-refractivity contribution < 1.29 is 4.79 Å². The zero-order valence-electron chi connectivity index (χ0n) is 9.96. The summed E-state index contributed by atoms with van der Waals surface area (Å²) in [5, 5.41) is 9.24. The first-order chi connectivity index (χ1) is 8.38. The summed E-state index contributed by atoms with van der Waals surface area (Å²) in [6.45, 7) is 5.33. The Balaban J connectivity index is 0.000000153. The Bertz CT molecular complexity index is 363. The number of amides is 1. The third-order valence-electron chi connectivity index (χ3n) is 2.90. The Morgan fingerprint density at radius 2 is 1.53 bits per heavy atom. The van der Waals surface area contributed by atoms with E-state index in [4.69, 9.17) is 0 Å². The summed E-state index contributed by atoms with van der Waals surface area (Å²) < 4.78 is 0. The molecule has 92 valence electrons. The van der Waals surface area contributed by atoms with Gasteiger partial charge in [-0.15, -0.1) is 0 Å². The molecule has 3 rings (SSSR count). The maximum atomic E-state index is 11.2. The molecule has 0 bridgehead atoms. The van der Waals surface area contributed by atoms with Crippen molar-refractivity contribution in [2.24, 2.45) is 0 Å². The fraction of sp³-hybridized carbons (Fsp3) is 0.462. The van der Waals surface area contributed by atoms with Gasteiger partial charge in [-0.1, -0.05) is 18.2 Å². The van der Waals surface area contributed by atoms with Crippen LogP contribution in [0.1, 0.15) is 15.9 Å². The predicted octanol–water partition coefficient (Wildman–Crippen LogP) is 0.152. The molecular formula is C13H19N3O. The number of benzene rings is 1. The molecule has 1 amide bonds. The normalized spacial score (nSPS) is 18.5. The van der Waals surface area contributed by atoms with Gasteiger partial charge in [0.05, 0.1) is 0 Å². The van der Waals surface area contributed by atoms with E-state index in [0.717, 1.165) is 50.3 Å². The summed E-state index contributed by atoms with van der Waals surface area (Å²) in [4.78, 5) is 11.2. The van der Waals surface area contributed by atoms with Crippen molar-refractivity contribution in [1.82, 2.24) is 16.0 Å². The van der Waals surface area contributed by atoms with Crippen LogP contribution in [0.5, 0.6) is 0 Å². The molecule has 2 aliphatic heterocycles. The van der Waals surface area contributed by atoms with E-state index in [1.165, 1.54) is 0 Å². The van der Waals surface area contributed by atoms with Crippen molar-refractivity contribution in [3.8, 4) is 0 Å². The molecule has 1 fully saturated rings. The fourth-order valence-electron chi connectivity index (χ4n) is 1.97. The van der Waals surface area contributed by atoms with Crippen LogP contribution in [0.25, 0.3) is 0 Å². The topological polar surface area (TPSA) is 53.2 Å². The first-order valence-electron chi connectivity index (χ1n) is 6.15. The molecule has 1 aromatic carbocycles. The lowest BCUT2D eigenvalue weighted by Crippen LogP contribution is -2.39. The van der Waals surface area contributed by atoms with E-state index in [0.29, 0.717) is 0 Å². The predicted molar refractivity (Wildman–Crippen MR) is 68.2 cm³/mol. The van der Waals surface area contributed by atoms with Gasteiger partial charge in [0.1, 0.15) is 0 Å². The van der Waals surface area contributed by atoms with Crippen LogP contribution >= 0.6 is 0 Å². The lowest BCUT2D eigenvalue weighted by atomic mass is 10.0. The molecule has 0 saturated carbocycles. The summed E-state index contributed by atoms with van der Waals surface area (Å²) in [7, 11) is 0. The number of nitrogens with one attached hydrogen (secondary N) is 3. The SMILES string of the molecule is C1CNCCN1.O=C1NCCc2ccccc21. The van der Waals surface area contributed by atoms with Crippen LogP contribution in [0.3, 0.4) is 0 Å². The second-order valence-electron chi connectivity index (χ2n) is 4.16. The Morgan fingerprint density at radius 3 is 2.12 bits per heavy atom. The third kappa shape index (κ3) is 3.54. The van der Waals surface area contributed by atoms with Crippen molar-refractivity contribution >= 4 is 5.91 Å². The van der Waals surface area contributed by atoms with Gasteiger partial charge in [0.2, 0.25) is 0 Å². The monoisotopic (exact) mass is 233 g/mol. The first kappa shape index (κ1) is 12.1. The van der Waals surface area contributed by atoms with E-state index in [9.17, 15) is 4.79 Å². The Kier molecular flexibility index (Phi) is 4.53. The van der Waals surface area contributed by atoms with E-state index < -0.39 is 0 Å². The molecule has 4 nitrogen and oxygen atoms in total. The molecule has 4 heteroatoms. The molecule has 1 saturated heterocycles. The van der Waals surface area contributed by atoms with Gasteiger partial charge in [-0.3, -0.25) is 4.79 Å². The highest BCUT2D eigenvalue weighted by Crippen LogP contribution is 2.11. The largest absolute Gasteiger partial charge is 0.352 e. The van der Waals surface area contributed by atoms with E-state index >= 15 is 0 Å². The number of rotatable bonds is 0. The Labute approximate surface area is 102 Å². The van der Waals surface area contributed by atoms with Crippen LogP contribution in [-0.2, 0) is 6.42 Å². The van der Waals surface area contributed by atoms with Gasteiger partial charge in [-0.25, -0.2) is 0 Å². The molecule has 0 unspecified atom stereocenters. The highest BCUT2D eigenvalue weighted by Gasteiger charge is 2.14. The lowest BCUT2D eigenvalue weighted by molar-refractivity contribution is 0.0946. The summed E-state index contributed by atoms with van der Waals surface area (Å²) in [5.41, 5.74) is 2.00. The minimum absolute atomic E-state index is 0.0619. The molecule has 0 aromatic heterocycles. The molecule has 2 heterocycles. The average molecular weight is 233 g/mol. The summed E-state index contributed by atoms with van der Waals surface area (Å²) in [6, 6.07) is 7.74. The van der Waals surface area contributed by atoms with Gasteiger partial charge < -0.3 is 16.0 Å². The number of hydrogen-bond acceptors (Lipinski definition) is 3. The number of piperazine rings is 1. The molecule has 0 aliphatic carbocycles. The maximum absolute atomic E-state index is 11.2. The number of carbonyl (C=O) groups is 1. The van der Waals surface area contributed by atoms with Crippen LogP contribution in [0.15, 0.2) is 24.3 Å². The van der Waals surface area contributed by atoms with Gasteiger partial charge in [-0.2, -0.15) is 0 Å². The van der Waals surface area contributed by atoms with E-state index in [-0.39, 0.29) is 5.91 Å². The molecule has 0 atom stereocenters. The van der Waals surface area contributed by atoms with E-state index in [1.807, 2.05) is 24.3 Å². The fourth-order valence-corrected chi connectivity index (χ4v) is 1.97. The minimum atomic E-state index is 0.0619. The van der Waals surface area contributed by atoms with E-state index in [2.05, 4.69) is 16.0 Å². The third-order valence-corrected chi connectivity index (χ3v) is 2.90. The zero-order chi connectivity index (χ0) is 11.9. The molecule has 3 N–H and O–H groups in total. The van der Waals surface area contributed by atoms with Crippen LogP contribution in [0, 0.1) is 0 Å². The molecule has 17 heavy (non-hydrogen) atoms. The molecule has 1 aromatic rings. The number of carbonyl (C=O) groups excluding carboxylic acids is 1. The van der Waals surface area contributed by atoms with Crippen LogP contribution in [0.4, 0.5) is 0 Å². The smallest absolute Gasteiger partial charge is 0.251 e. The summed E-state index contributed by atoms with van der Waals surface area (Å²) in [5.74, 6) is 0.0619. The summed E-state index contributed by atoms with van der Waals surface area (Å²) in [6.07, 6.45) is 0.960. The molecule has 2 aliphatic rings. The van der Waals surface area contributed by atoms with Gasteiger partial charge in [0.25, 0.3) is 5.91 Å². The second-order valence-corrected chi connectivity index (χ2v) is 4.16. The van der Waals surface area contributed by atoms with Crippen molar-refractivity contribution in [2.75, 3.05) is 32.7 Å². The molecule has 0 radical (unpaired) electrons. The van der Waals surface area contributed by atoms with E-state index in [1.54, 1.807) is 0 Å². The number of fused-ring (bicyclic) bond motifs is 1. The number of hydrogen-bond donors (Lipinski definition) is 3. The Morgan fingerprint density at radius 1 is 0.882 bits per heavy atom. The Hall–Kier alpha value is -1.39. The first-order valence-corrected chi connectivity index (χ1v) is 6.15. The van der Waals surface area contributed by atoms with Gasteiger partial charge in [0.15, 0.2) is 0 Å².